The van der Waals surface area contributed by atoms with E-state index in [-0.39, 0.29) is 18.4 Å². The number of amides is 2. The standard InChI is InChI=1S/C32H30Cl2IN3O5S/c1-3-38-31(40)28(44-32(38)36-24-7-5-6-21(17-24)30(39)37-10-12-41-13-11-37)16-20-14-26(35)29(27(15-20)42-4-2)43-19-22-8-9-23(33)18-25(22)34/h5-9,14-18H,3-4,10-13,19H2,1-2H3/b28-16+,36-32?. The molecule has 2 aliphatic rings. The van der Waals surface area contributed by atoms with Gasteiger partial charge in [-0.05, 0) is 102 Å². The molecule has 0 bridgehead atoms. The van der Waals surface area contributed by atoms with Crippen LogP contribution in [0.3, 0.4) is 0 Å². The van der Waals surface area contributed by atoms with E-state index >= 15 is 0 Å². The van der Waals surface area contributed by atoms with Crippen LogP contribution < -0.4 is 9.47 Å². The number of ether oxygens (including phenoxy) is 3. The Morgan fingerprint density at radius 2 is 1.89 bits per heavy atom. The Morgan fingerprint density at radius 1 is 1.09 bits per heavy atom. The molecule has 2 heterocycles. The van der Waals surface area contributed by atoms with Gasteiger partial charge in [0, 0.05) is 40.8 Å². The molecule has 5 rings (SSSR count). The molecule has 230 valence electrons. The number of hydrogen-bond acceptors (Lipinski definition) is 7. The molecule has 12 heteroatoms. The van der Waals surface area contributed by atoms with Crippen LogP contribution in [0.25, 0.3) is 6.08 Å². The molecule has 0 aromatic heterocycles. The van der Waals surface area contributed by atoms with Crippen LogP contribution in [0.15, 0.2) is 64.5 Å². The van der Waals surface area contributed by atoms with E-state index in [1.165, 1.54) is 11.8 Å². The molecule has 0 saturated carbocycles. The fourth-order valence-electron chi connectivity index (χ4n) is 4.65. The number of morpholine rings is 1. The number of likely N-dealkylation sites (N-methyl/N-ethyl adjacent to an activating group) is 1. The molecule has 0 aliphatic carbocycles. The molecule has 0 spiro atoms. The van der Waals surface area contributed by atoms with Gasteiger partial charge in [-0.15, -0.1) is 0 Å². The average molecular weight is 766 g/mol. The minimum atomic E-state index is -0.137. The molecule has 0 radical (unpaired) electrons. The Bertz CT molecular complexity index is 1630. The van der Waals surface area contributed by atoms with Crippen LogP contribution in [0.1, 0.15) is 35.3 Å². The Kier molecular flexibility index (Phi) is 11.1. The molecule has 2 saturated heterocycles. The van der Waals surface area contributed by atoms with Gasteiger partial charge in [-0.2, -0.15) is 0 Å². The highest BCUT2D eigenvalue weighted by atomic mass is 127. The molecular weight excluding hydrogens is 736 g/mol. The zero-order valence-corrected chi connectivity index (χ0v) is 28.6. The van der Waals surface area contributed by atoms with Gasteiger partial charge in [-0.3, -0.25) is 14.5 Å². The van der Waals surface area contributed by atoms with Gasteiger partial charge in [0.2, 0.25) is 0 Å². The SMILES string of the molecule is CCOc1cc(/C=C2/SC(=Nc3cccc(C(=O)N4CCOCC4)c3)N(CC)C2=O)cc(I)c1OCc1ccc(Cl)cc1Cl. The lowest BCUT2D eigenvalue weighted by Crippen LogP contribution is -2.40. The van der Waals surface area contributed by atoms with Crippen molar-refractivity contribution in [1.29, 1.82) is 0 Å². The molecule has 2 aliphatic heterocycles. The summed E-state index contributed by atoms with van der Waals surface area (Å²) in [5.74, 6) is 0.967. The Balaban J connectivity index is 1.38. The summed E-state index contributed by atoms with van der Waals surface area (Å²) in [4.78, 5) is 35.1. The number of aliphatic imine (C=N–C) groups is 1. The van der Waals surface area contributed by atoms with Crippen molar-refractivity contribution in [3.05, 3.63) is 89.8 Å². The number of thioether (sulfide) groups is 1. The number of hydrogen-bond donors (Lipinski definition) is 0. The molecule has 2 amide bonds. The summed E-state index contributed by atoms with van der Waals surface area (Å²) in [5, 5.41) is 1.64. The third kappa shape index (κ3) is 7.71. The predicted molar refractivity (Wildman–Crippen MR) is 184 cm³/mol. The van der Waals surface area contributed by atoms with Crippen LogP contribution in [0.4, 0.5) is 5.69 Å². The van der Waals surface area contributed by atoms with E-state index in [4.69, 9.17) is 42.4 Å². The average Bonchev–Trinajstić information content (AvgIpc) is 3.30. The van der Waals surface area contributed by atoms with Crippen molar-refractivity contribution in [1.82, 2.24) is 9.80 Å². The summed E-state index contributed by atoms with van der Waals surface area (Å²) in [7, 11) is 0. The second-order valence-corrected chi connectivity index (χ2v) is 12.8. The molecule has 0 atom stereocenters. The lowest BCUT2D eigenvalue weighted by molar-refractivity contribution is -0.122. The third-order valence-corrected chi connectivity index (χ3v) is 9.23. The first kappa shape index (κ1) is 32.6. The third-order valence-electron chi connectivity index (χ3n) is 6.84. The fourth-order valence-corrected chi connectivity index (χ4v) is 6.96. The summed E-state index contributed by atoms with van der Waals surface area (Å²) in [5.41, 5.74) is 2.76. The number of halogens is 3. The summed E-state index contributed by atoms with van der Waals surface area (Å²) in [6.07, 6.45) is 1.83. The van der Waals surface area contributed by atoms with E-state index < -0.39 is 0 Å². The van der Waals surface area contributed by atoms with E-state index in [1.807, 2.05) is 50.3 Å². The molecule has 3 aromatic carbocycles. The van der Waals surface area contributed by atoms with Crippen LogP contribution in [-0.2, 0) is 16.1 Å². The van der Waals surface area contributed by atoms with Gasteiger partial charge < -0.3 is 19.1 Å². The van der Waals surface area contributed by atoms with Crippen molar-refractivity contribution in [3.8, 4) is 11.5 Å². The number of amidine groups is 1. The van der Waals surface area contributed by atoms with Crippen LogP contribution in [-0.4, -0.2) is 66.2 Å². The second-order valence-electron chi connectivity index (χ2n) is 9.80. The fraction of sp³-hybridized carbons (Fsp3) is 0.281. The Morgan fingerprint density at radius 3 is 2.61 bits per heavy atom. The molecule has 0 N–H and O–H groups in total. The van der Waals surface area contributed by atoms with Gasteiger partial charge in [-0.25, -0.2) is 4.99 Å². The summed E-state index contributed by atoms with van der Waals surface area (Å²) < 4.78 is 18.3. The minimum absolute atomic E-state index is 0.0539. The van der Waals surface area contributed by atoms with Gasteiger partial charge in [0.15, 0.2) is 16.7 Å². The smallest absolute Gasteiger partial charge is 0.266 e. The van der Waals surface area contributed by atoms with Crippen LogP contribution in [0.5, 0.6) is 11.5 Å². The number of carbonyl (C=O) groups is 2. The molecule has 0 unspecified atom stereocenters. The van der Waals surface area contributed by atoms with E-state index in [0.29, 0.717) is 82.3 Å². The van der Waals surface area contributed by atoms with Crippen LogP contribution in [0.2, 0.25) is 10.0 Å². The summed E-state index contributed by atoms with van der Waals surface area (Å²) >= 11 is 15.9. The molecule has 44 heavy (non-hydrogen) atoms. The predicted octanol–water partition coefficient (Wildman–Crippen LogP) is 7.67. The lowest BCUT2D eigenvalue weighted by Gasteiger charge is -2.26. The van der Waals surface area contributed by atoms with E-state index in [2.05, 4.69) is 22.6 Å². The summed E-state index contributed by atoms with van der Waals surface area (Å²) in [6, 6.07) is 16.3. The van der Waals surface area contributed by atoms with Gasteiger partial charge in [0.05, 0.1) is 34.0 Å². The van der Waals surface area contributed by atoms with Crippen molar-refractivity contribution in [2.75, 3.05) is 39.5 Å². The van der Waals surface area contributed by atoms with Crippen molar-refractivity contribution in [2.45, 2.75) is 20.5 Å². The first-order chi connectivity index (χ1) is 21.3. The van der Waals surface area contributed by atoms with Crippen molar-refractivity contribution in [3.63, 3.8) is 0 Å². The topological polar surface area (TPSA) is 80.7 Å². The molecular formula is C32H30Cl2IN3O5S. The van der Waals surface area contributed by atoms with E-state index in [1.54, 1.807) is 34.1 Å². The maximum atomic E-state index is 13.4. The van der Waals surface area contributed by atoms with Crippen molar-refractivity contribution >= 4 is 86.3 Å². The first-order valence-corrected chi connectivity index (χ1v) is 16.7. The van der Waals surface area contributed by atoms with Crippen LogP contribution >= 0.6 is 57.6 Å². The molecule has 8 nitrogen and oxygen atoms in total. The minimum Gasteiger partial charge on any atom is -0.490 e. The number of carbonyl (C=O) groups excluding carboxylic acids is 2. The number of nitrogens with zero attached hydrogens (tertiary/aromatic N) is 3. The first-order valence-electron chi connectivity index (χ1n) is 14.1. The molecule has 2 fully saturated rings. The highest BCUT2D eigenvalue weighted by molar-refractivity contribution is 14.1. The maximum absolute atomic E-state index is 13.4. The van der Waals surface area contributed by atoms with Gasteiger partial charge in [-0.1, -0.05) is 35.3 Å². The van der Waals surface area contributed by atoms with Crippen molar-refractivity contribution in [2.24, 2.45) is 4.99 Å². The quantitative estimate of drug-likeness (QED) is 0.164. The van der Waals surface area contributed by atoms with E-state index in [0.717, 1.165) is 14.7 Å². The normalized spacial score (nSPS) is 17.1. The van der Waals surface area contributed by atoms with Gasteiger partial charge >= 0.3 is 0 Å². The monoisotopic (exact) mass is 765 g/mol. The van der Waals surface area contributed by atoms with Crippen LogP contribution in [0, 0.1) is 3.57 Å². The maximum Gasteiger partial charge on any atom is 0.266 e. The Labute approximate surface area is 284 Å². The second kappa shape index (κ2) is 15.0. The largest absolute Gasteiger partial charge is 0.490 e. The van der Waals surface area contributed by atoms with E-state index in [9.17, 15) is 9.59 Å². The zero-order chi connectivity index (χ0) is 31.2. The highest BCUT2D eigenvalue weighted by Gasteiger charge is 2.32. The highest BCUT2D eigenvalue weighted by Crippen LogP contribution is 2.39. The number of benzene rings is 3. The Hall–Kier alpha value is -2.77. The summed E-state index contributed by atoms with van der Waals surface area (Å²) in [6.45, 7) is 7.14. The van der Waals surface area contributed by atoms with Crippen molar-refractivity contribution < 1.29 is 23.8 Å². The van der Waals surface area contributed by atoms with Gasteiger partial charge in [0.25, 0.3) is 11.8 Å². The zero-order valence-electron chi connectivity index (χ0n) is 24.1. The number of rotatable bonds is 9. The molecule has 3 aromatic rings. The lowest BCUT2D eigenvalue weighted by atomic mass is 10.1. The van der Waals surface area contributed by atoms with Gasteiger partial charge in [0.1, 0.15) is 6.61 Å².